The summed E-state index contributed by atoms with van der Waals surface area (Å²) < 4.78 is 5.09. The molecule has 3 rings (SSSR count). The number of carbonyl (C=O) groups is 3. The van der Waals surface area contributed by atoms with E-state index in [0.717, 1.165) is 19.3 Å². The number of esters is 1. The van der Waals surface area contributed by atoms with Crippen molar-refractivity contribution in [1.29, 1.82) is 0 Å². The van der Waals surface area contributed by atoms with Crippen LogP contribution in [0.4, 0.5) is 5.69 Å². The monoisotopic (exact) mass is 412 g/mol. The molecule has 0 spiro atoms. The number of hydrogen-bond acceptors (Lipinski definition) is 5. The molecule has 2 N–H and O–H groups in total. The smallest absolute Gasteiger partial charge is 0.338 e. The fraction of sp³-hybridized carbons (Fsp3) is 0.318. The van der Waals surface area contributed by atoms with Crippen LogP contribution in [0.5, 0.6) is 0 Å². The Bertz CT molecular complexity index is 890. The topological polar surface area (TPSA) is 84.5 Å². The van der Waals surface area contributed by atoms with Gasteiger partial charge in [-0.2, -0.15) is 0 Å². The third-order valence-electron chi connectivity index (χ3n) is 4.59. The fourth-order valence-electron chi connectivity index (χ4n) is 3.08. The minimum absolute atomic E-state index is 0.238. The van der Waals surface area contributed by atoms with Gasteiger partial charge in [0.25, 0.3) is 11.8 Å². The molecular weight excluding hydrogens is 388 g/mol. The molecule has 1 aromatic carbocycles. The van der Waals surface area contributed by atoms with Crippen LogP contribution < -0.4 is 10.6 Å². The molecule has 1 heterocycles. The average Bonchev–Trinajstić information content (AvgIpc) is 3.28. The highest BCUT2D eigenvalue weighted by atomic mass is 32.1. The summed E-state index contributed by atoms with van der Waals surface area (Å²) >= 11 is 1.34. The Hall–Kier alpha value is -2.93. The van der Waals surface area contributed by atoms with Gasteiger partial charge in [0.15, 0.2) is 6.61 Å². The van der Waals surface area contributed by atoms with Crippen molar-refractivity contribution < 1.29 is 19.1 Å². The van der Waals surface area contributed by atoms with Crippen molar-refractivity contribution in [1.82, 2.24) is 5.32 Å². The highest BCUT2D eigenvalue weighted by Crippen LogP contribution is 2.19. The Labute approximate surface area is 174 Å². The van der Waals surface area contributed by atoms with E-state index in [1.165, 1.54) is 35.8 Å². The van der Waals surface area contributed by atoms with Gasteiger partial charge in [0.05, 0.1) is 10.4 Å². The largest absolute Gasteiger partial charge is 0.452 e. The molecule has 0 unspecified atom stereocenters. The summed E-state index contributed by atoms with van der Waals surface area (Å²) in [4.78, 5) is 36.8. The molecule has 2 aromatic rings. The number of thiophene rings is 1. The number of anilines is 1. The lowest BCUT2D eigenvalue weighted by Crippen LogP contribution is -2.29. The summed E-state index contributed by atoms with van der Waals surface area (Å²) in [6, 6.07) is 9.97. The maximum absolute atomic E-state index is 12.2. The molecule has 152 valence electrons. The lowest BCUT2D eigenvalue weighted by molar-refractivity contribution is -0.124. The van der Waals surface area contributed by atoms with E-state index in [-0.39, 0.29) is 24.0 Å². The predicted molar refractivity (Wildman–Crippen MR) is 113 cm³/mol. The quantitative estimate of drug-likeness (QED) is 0.504. The van der Waals surface area contributed by atoms with Gasteiger partial charge in [-0.25, -0.2) is 4.79 Å². The second kappa shape index (κ2) is 10.6. The van der Waals surface area contributed by atoms with Crippen LogP contribution in [-0.4, -0.2) is 30.9 Å². The summed E-state index contributed by atoms with van der Waals surface area (Å²) in [6.45, 7) is 0.218. The molecule has 0 atom stereocenters. The molecule has 0 saturated carbocycles. The summed E-state index contributed by atoms with van der Waals surface area (Å²) in [5, 5.41) is 7.34. The maximum atomic E-state index is 12.2. The molecule has 7 heteroatoms. The van der Waals surface area contributed by atoms with Gasteiger partial charge in [-0.15, -0.1) is 11.3 Å². The summed E-state index contributed by atoms with van der Waals surface area (Å²) in [6.07, 6.45) is 7.76. The Morgan fingerprint density at radius 3 is 2.76 bits per heavy atom. The molecule has 1 aliphatic rings. The van der Waals surface area contributed by atoms with E-state index in [1.54, 1.807) is 30.3 Å². The van der Waals surface area contributed by atoms with E-state index in [0.29, 0.717) is 17.1 Å². The number of rotatable bonds is 8. The van der Waals surface area contributed by atoms with E-state index in [4.69, 9.17) is 4.74 Å². The first-order valence-corrected chi connectivity index (χ1v) is 10.6. The van der Waals surface area contributed by atoms with Gasteiger partial charge in [-0.3, -0.25) is 9.59 Å². The van der Waals surface area contributed by atoms with E-state index in [2.05, 4.69) is 16.7 Å². The van der Waals surface area contributed by atoms with Crippen LogP contribution in [0.1, 0.15) is 52.1 Å². The van der Waals surface area contributed by atoms with Crippen LogP contribution in [0.15, 0.2) is 53.4 Å². The minimum Gasteiger partial charge on any atom is -0.452 e. The van der Waals surface area contributed by atoms with Gasteiger partial charge in [-0.05, 0) is 61.7 Å². The standard InChI is InChI=1S/C22H24N2O4S/c25-20(23-12-11-16-6-2-1-3-7-16)15-28-22(27)17-8-4-9-18(14-17)24-21(26)19-10-5-13-29-19/h4-6,8-10,13-14H,1-3,7,11-12,15H2,(H,23,25)(H,24,26). The Balaban J connectivity index is 1.43. The van der Waals surface area contributed by atoms with Crippen molar-refractivity contribution in [3.05, 3.63) is 63.9 Å². The predicted octanol–water partition coefficient (Wildman–Crippen LogP) is 4.16. The van der Waals surface area contributed by atoms with Crippen molar-refractivity contribution in [2.75, 3.05) is 18.5 Å². The van der Waals surface area contributed by atoms with Gasteiger partial charge >= 0.3 is 5.97 Å². The highest BCUT2D eigenvalue weighted by molar-refractivity contribution is 7.12. The van der Waals surface area contributed by atoms with Crippen LogP contribution in [0.3, 0.4) is 0 Å². The van der Waals surface area contributed by atoms with E-state index >= 15 is 0 Å². The Kier molecular flexibility index (Phi) is 7.58. The number of benzene rings is 1. The summed E-state index contributed by atoms with van der Waals surface area (Å²) in [5.74, 6) is -1.17. The number of carbonyl (C=O) groups excluding carboxylic acids is 3. The lowest BCUT2D eigenvalue weighted by Gasteiger charge is -2.13. The second-order valence-corrected chi connectivity index (χ2v) is 7.74. The van der Waals surface area contributed by atoms with Gasteiger partial charge in [0, 0.05) is 12.2 Å². The normalized spacial score (nSPS) is 13.3. The molecule has 0 saturated heterocycles. The molecule has 0 radical (unpaired) electrons. The van der Waals surface area contributed by atoms with Crippen molar-refractivity contribution in [2.45, 2.75) is 32.1 Å². The minimum atomic E-state index is -0.609. The van der Waals surface area contributed by atoms with Gasteiger partial charge in [-0.1, -0.05) is 23.8 Å². The van der Waals surface area contributed by atoms with Gasteiger partial charge < -0.3 is 15.4 Å². The molecule has 0 fully saturated rings. The molecule has 1 aliphatic carbocycles. The van der Waals surface area contributed by atoms with Crippen LogP contribution in [0.2, 0.25) is 0 Å². The molecule has 29 heavy (non-hydrogen) atoms. The third-order valence-corrected chi connectivity index (χ3v) is 5.46. The van der Waals surface area contributed by atoms with Crippen LogP contribution in [0, 0.1) is 0 Å². The highest BCUT2D eigenvalue weighted by Gasteiger charge is 2.13. The van der Waals surface area contributed by atoms with Crippen LogP contribution in [-0.2, 0) is 9.53 Å². The molecular formula is C22H24N2O4S. The Morgan fingerprint density at radius 2 is 2.00 bits per heavy atom. The third kappa shape index (κ3) is 6.57. The van der Waals surface area contributed by atoms with Crippen molar-refractivity contribution >= 4 is 34.8 Å². The number of nitrogens with one attached hydrogen (secondary N) is 2. The van der Waals surface area contributed by atoms with Crippen molar-refractivity contribution in [3.8, 4) is 0 Å². The SMILES string of the molecule is O=C(COC(=O)c1cccc(NC(=O)c2cccs2)c1)NCCC1=CCCCC1. The van der Waals surface area contributed by atoms with Crippen LogP contribution >= 0.6 is 11.3 Å². The van der Waals surface area contributed by atoms with Gasteiger partial charge in [0.1, 0.15) is 0 Å². The summed E-state index contributed by atoms with van der Waals surface area (Å²) in [5.41, 5.74) is 2.15. The second-order valence-electron chi connectivity index (χ2n) is 6.80. The summed E-state index contributed by atoms with van der Waals surface area (Å²) in [7, 11) is 0. The number of allylic oxidation sites excluding steroid dienone is 1. The van der Waals surface area contributed by atoms with Crippen LogP contribution in [0.25, 0.3) is 0 Å². The lowest BCUT2D eigenvalue weighted by atomic mass is 9.97. The van der Waals surface area contributed by atoms with E-state index in [1.807, 2.05) is 5.38 Å². The molecule has 6 nitrogen and oxygen atoms in total. The Morgan fingerprint density at radius 1 is 1.10 bits per heavy atom. The zero-order valence-corrected chi connectivity index (χ0v) is 16.9. The fourth-order valence-corrected chi connectivity index (χ4v) is 3.70. The first-order chi connectivity index (χ1) is 14.1. The molecule has 2 amide bonds. The molecule has 1 aromatic heterocycles. The number of hydrogen-bond donors (Lipinski definition) is 2. The zero-order chi connectivity index (χ0) is 20.5. The van der Waals surface area contributed by atoms with E-state index < -0.39 is 5.97 Å². The van der Waals surface area contributed by atoms with Crippen molar-refractivity contribution in [2.24, 2.45) is 0 Å². The first-order valence-electron chi connectivity index (χ1n) is 9.68. The molecule has 0 aliphatic heterocycles. The average molecular weight is 413 g/mol. The number of ether oxygens (including phenoxy) is 1. The maximum Gasteiger partial charge on any atom is 0.338 e. The van der Waals surface area contributed by atoms with E-state index in [9.17, 15) is 14.4 Å². The first kappa shape index (κ1) is 20.8. The van der Waals surface area contributed by atoms with Gasteiger partial charge in [0.2, 0.25) is 0 Å². The van der Waals surface area contributed by atoms with Crippen molar-refractivity contribution in [3.63, 3.8) is 0 Å². The zero-order valence-electron chi connectivity index (χ0n) is 16.1. The molecule has 0 bridgehead atoms. The number of amides is 2.